The standard InChI is InChI=1S/C21H24N4O2S/c1-14-11-16(13-22-12-14)20(26)24-7-4-8-25(10-9-24)21-23-18-17(27-3)6-5-15(2)19(18)28-21/h5-6,11-13H,4,7-10H2,1-3H3. The van der Waals surface area contributed by atoms with Crippen molar-refractivity contribution in [3.05, 3.63) is 47.3 Å². The van der Waals surface area contributed by atoms with Crippen molar-refractivity contribution in [1.82, 2.24) is 14.9 Å². The minimum Gasteiger partial charge on any atom is -0.494 e. The summed E-state index contributed by atoms with van der Waals surface area (Å²) in [7, 11) is 1.68. The average Bonchev–Trinajstić information content (AvgIpc) is 3.00. The second-order valence-corrected chi connectivity index (χ2v) is 8.12. The van der Waals surface area contributed by atoms with Gasteiger partial charge in [0.25, 0.3) is 5.91 Å². The zero-order chi connectivity index (χ0) is 19.7. The summed E-state index contributed by atoms with van der Waals surface area (Å²) in [5.41, 5.74) is 3.79. The highest BCUT2D eigenvalue weighted by Crippen LogP contribution is 2.36. The molecule has 1 fully saturated rings. The molecule has 1 saturated heterocycles. The number of fused-ring (bicyclic) bond motifs is 1. The molecular formula is C21H24N4O2S. The lowest BCUT2D eigenvalue weighted by atomic mass is 10.2. The summed E-state index contributed by atoms with van der Waals surface area (Å²) in [4.78, 5) is 26.1. The van der Waals surface area contributed by atoms with Crippen LogP contribution in [0.5, 0.6) is 5.75 Å². The first-order chi connectivity index (χ1) is 13.6. The van der Waals surface area contributed by atoms with Crippen LogP contribution in [0.15, 0.2) is 30.6 Å². The smallest absolute Gasteiger partial charge is 0.255 e. The summed E-state index contributed by atoms with van der Waals surface area (Å²) in [5, 5.41) is 0.995. The van der Waals surface area contributed by atoms with Crippen molar-refractivity contribution < 1.29 is 9.53 Å². The van der Waals surface area contributed by atoms with Crippen LogP contribution in [0.2, 0.25) is 0 Å². The molecular weight excluding hydrogens is 372 g/mol. The number of nitrogens with zero attached hydrogens (tertiary/aromatic N) is 4. The first-order valence-electron chi connectivity index (χ1n) is 9.47. The van der Waals surface area contributed by atoms with Gasteiger partial charge in [-0.25, -0.2) is 4.98 Å². The minimum atomic E-state index is 0.0554. The van der Waals surface area contributed by atoms with Crippen molar-refractivity contribution in [3.63, 3.8) is 0 Å². The maximum absolute atomic E-state index is 12.9. The molecule has 0 spiro atoms. The topological polar surface area (TPSA) is 58.6 Å². The molecule has 6 nitrogen and oxygen atoms in total. The van der Waals surface area contributed by atoms with Crippen molar-refractivity contribution in [3.8, 4) is 5.75 Å². The maximum atomic E-state index is 12.9. The fraction of sp³-hybridized carbons (Fsp3) is 0.381. The Bertz CT molecular complexity index is 1020. The highest BCUT2D eigenvalue weighted by Gasteiger charge is 2.23. The number of aromatic nitrogens is 2. The average molecular weight is 397 g/mol. The van der Waals surface area contributed by atoms with Crippen molar-refractivity contribution >= 4 is 32.6 Å². The summed E-state index contributed by atoms with van der Waals surface area (Å²) in [6.07, 6.45) is 4.34. The number of carbonyl (C=O) groups excluding carboxylic acids is 1. The molecule has 0 N–H and O–H groups in total. The van der Waals surface area contributed by atoms with E-state index >= 15 is 0 Å². The van der Waals surface area contributed by atoms with Crippen LogP contribution >= 0.6 is 11.3 Å². The van der Waals surface area contributed by atoms with Gasteiger partial charge in [-0.1, -0.05) is 17.4 Å². The molecule has 1 aliphatic heterocycles. The molecule has 3 heterocycles. The van der Waals surface area contributed by atoms with Crippen LogP contribution < -0.4 is 9.64 Å². The summed E-state index contributed by atoms with van der Waals surface area (Å²) >= 11 is 1.70. The second kappa shape index (κ2) is 7.75. The van der Waals surface area contributed by atoms with Crippen LogP contribution in [0.4, 0.5) is 5.13 Å². The van der Waals surface area contributed by atoms with Crippen LogP contribution in [-0.2, 0) is 0 Å². The molecule has 146 valence electrons. The molecule has 3 aromatic rings. The lowest BCUT2D eigenvalue weighted by molar-refractivity contribution is 0.0766. The number of rotatable bonds is 3. The van der Waals surface area contributed by atoms with Crippen LogP contribution in [0, 0.1) is 13.8 Å². The second-order valence-electron chi connectivity index (χ2n) is 7.14. The highest BCUT2D eigenvalue weighted by molar-refractivity contribution is 7.22. The van der Waals surface area contributed by atoms with Crippen molar-refractivity contribution in [2.45, 2.75) is 20.3 Å². The Labute approximate surface area is 168 Å². The molecule has 7 heteroatoms. The summed E-state index contributed by atoms with van der Waals surface area (Å²) in [6, 6.07) is 5.95. The van der Waals surface area contributed by atoms with Gasteiger partial charge in [-0.2, -0.15) is 0 Å². The quantitative estimate of drug-likeness (QED) is 0.676. The summed E-state index contributed by atoms with van der Waals surface area (Å²) < 4.78 is 6.65. The molecule has 0 radical (unpaired) electrons. The first kappa shape index (κ1) is 18.7. The predicted octanol–water partition coefficient (Wildman–Crippen LogP) is 3.67. The molecule has 1 amide bonds. The number of hydrogen-bond donors (Lipinski definition) is 0. The van der Waals surface area contributed by atoms with E-state index < -0.39 is 0 Å². The third-order valence-electron chi connectivity index (χ3n) is 5.09. The molecule has 0 aliphatic carbocycles. The van der Waals surface area contributed by atoms with Gasteiger partial charge in [0.15, 0.2) is 5.13 Å². The van der Waals surface area contributed by atoms with E-state index in [-0.39, 0.29) is 5.91 Å². The molecule has 28 heavy (non-hydrogen) atoms. The van der Waals surface area contributed by atoms with E-state index in [2.05, 4.69) is 22.9 Å². The normalized spacial score (nSPS) is 15.0. The van der Waals surface area contributed by atoms with Gasteiger partial charge in [-0.15, -0.1) is 0 Å². The molecule has 0 bridgehead atoms. The highest BCUT2D eigenvalue weighted by atomic mass is 32.1. The fourth-order valence-electron chi connectivity index (χ4n) is 3.56. The van der Waals surface area contributed by atoms with Crippen LogP contribution in [0.25, 0.3) is 10.2 Å². The van der Waals surface area contributed by atoms with Crippen LogP contribution in [-0.4, -0.2) is 54.1 Å². The van der Waals surface area contributed by atoms with Gasteiger partial charge in [-0.3, -0.25) is 9.78 Å². The Morgan fingerprint density at radius 1 is 1.14 bits per heavy atom. The van der Waals surface area contributed by atoms with Crippen molar-refractivity contribution in [2.75, 3.05) is 38.2 Å². The van der Waals surface area contributed by atoms with Gasteiger partial charge in [-0.05, 0) is 43.5 Å². The molecule has 1 aromatic carbocycles. The fourth-order valence-corrected chi connectivity index (χ4v) is 4.67. The number of hydrogen-bond acceptors (Lipinski definition) is 6. The molecule has 0 unspecified atom stereocenters. The Kier molecular flexibility index (Phi) is 5.17. The Morgan fingerprint density at radius 3 is 2.79 bits per heavy atom. The summed E-state index contributed by atoms with van der Waals surface area (Å²) in [5.74, 6) is 0.863. The lowest BCUT2D eigenvalue weighted by Gasteiger charge is -2.21. The Morgan fingerprint density at radius 2 is 2.00 bits per heavy atom. The van der Waals surface area contributed by atoms with Crippen LogP contribution in [0.1, 0.15) is 27.9 Å². The largest absolute Gasteiger partial charge is 0.494 e. The Balaban J connectivity index is 1.54. The molecule has 0 atom stereocenters. The molecule has 1 aliphatic rings. The number of thiazole rings is 1. The maximum Gasteiger partial charge on any atom is 0.255 e. The number of anilines is 1. The number of benzene rings is 1. The van der Waals surface area contributed by atoms with E-state index in [1.807, 2.05) is 24.0 Å². The minimum absolute atomic E-state index is 0.0554. The third kappa shape index (κ3) is 3.54. The van der Waals surface area contributed by atoms with Gasteiger partial charge in [0.05, 0.1) is 17.4 Å². The van der Waals surface area contributed by atoms with Gasteiger partial charge < -0.3 is 14.5 Å². The molecule has 2 aromatic heterocycles. The van der Waals surface area contributed by atoms with Crippen LogP contribution in [0.3, 0.4) is 0 Å². The molecule has 4 rings (SSSR count). The number of pyridine rings is 1. The first-order valence-corrected chi connectivity index (χ1v) is 10.3. The number of ether oxygens (including phenoxy) is 1. The van der Waals surface area contributed by atoms with Crippen molar-refractivity contribution in [2.24, 2.45) is 0 Å². The number of aryl methyl sites for hydroxylation is 2. The zero-order valence-corrected chi connectivity index (χ0v) is 17.3. The van der Waals surface area contributed by atoms with Gasteiger partial charge in [0, 0.05) is 38.6 Å². The van der Waals surface area contributed by atoms with E-state index in [0.717, 1.165) is 52.7 Å². The lowest BCUT2D eigenvalue weighted by Crippen LogP contribution is -2.35. The van der Waals surface area contributed by atoms with E-state index in [9.17, 15) is 4.79 Å². The van der Waals surface area contributed by atoms with Gasteiger partial charge in [0.1, 0.15) is 11.3 Å². The van der Waals surface area contributed by atoms with Gasteiger partial charge >= 0.3 is 0 Å². The van der Waals surface area contributed by atoms with E-state index in [1.54, 1.807) is 30.8 Å². The molecule has 0 saturated carbocycles. The Hall–Kier alpha value is -2.67. The van der Waals surface area contributed by atoms with E-state index in [4.69, 9.17) is 9.72 Å². The SMILES string of the molecule is COc1ccc(C)c2sc(N3CCCN(C(=O)c4cncc(C)c4)CC3)nc12. The summed E-state index contributed by atoms with van der Waals surface area (Å²) in [6.45, 7) is 7.14. The third-order valence-corrected chi connectivity index (χ3v) is 6.34. The number of amides is 1. The van der Waals surface area contributed by atoms with Crippen molar-refractivity contribution in [1.29, 1.82) is 0 Å². The predicted molar refractivity (Wildman–Crippen MR) is 113 cm³/mol. The number of carbonyl (C=O) groups is 1. The van der Waals surface area contributed by atoms with E-state index in [1.165, 1.54) is 5.56 Å². The zero-order valence-electron chi connectivity index (χ0n) is 16.4. The van der Waals surface area contributed by atoms with Gasteiger partial charge in [0.2, 0.25) is 0 Å². The number of methoxy groups -OCH3 is 1. The van der Waals surface area contributed by atoms with E-state index in [0.29, 0.717) is 12.1 Å². The monoisotopic (exact) mass is 396 g/mol.